The Bertz CT molecular complexity index is 393. The first-order valence-electron chi connectivity index (χ1n) is 5.34. The molecule has 0 radical (unpaired) electrons. The molecule has 5 heteroatoms. The van der Waals surface area contributed by atoms with Crippen LogP contribution in [0.15, 0.2) is 18.2 Å². The van der Waals surface area contributed by atoms with Gasteiger partial charge in [0.1, 0.15) is 11.6 Å². The molecule has 0 saturated heterocycles. The third-order valence-corrected chi connectivity index (χ3v) is 2.24. The first kappa shape index (κ1) is 13.4. The van der Waals surface area contributed by atoms with Gasteiger partial charge in [-0.2, -0.15) is 0 Å². The van der Waals surface area contributed by atoms with Gasteiger partial charge in [-0.1, -0.05) is 0 Å². The number of amides is 1. The van der Waals surface area contributed by atoms with Crippen LogP contribution in [0.25, 0.3) is 0 Å². The van der Waals surface area contributed by atoms with Crippen LogP contribution in [-0.4, -0.2) is 24.2 Å². The van der Waals surface area contributed by atoms with Crippen molar-refractivity contribution in [1.29, 1.82) is 0 Å². The first-order chi connectivity index (χ1) is 8.02. The minimum Gasteiger partial charge on any atom is -0.497 e. The highest BCUT2D eigenvalue weighted by atomic mass is 19.1. The Labute approximate surface area is 99.4 Å². The predicted molar refractivity (Wildman–Crippen MR) is 62.5 cm³/mol. The maximum Gasteiger partial charge on any atom is 0.224 e. The summed E-state index contributed by atoms with van der Waals surface area (Å²) >= 11 is 0. The van der Waals surface area contributed by atoms with Crippen molar-refractivity contribution < 1.29 is 19.0 Å². The lowest BCUT2D eigenvalue weighted by atomic mass is 10.2. The monoisotopic (exact) mass is 241 g/mol. The van der Waals surface area contributed by atoms with Gasteiger partial charge in [0.2, 0.25) is 5.91 Å². The third kappa shape index (κ3) is 4.40. The number of benzene rings is 1. The van der Waals surface area contributed by atoms with Crippen molar-refractivity contribution in [3.8, 4) is 5.75 Å². The zero-order chi connectivity index (χ0) is 12.8. The SMILES string of the molecule is COc1ccc(F)c(NC(=O)CCC(C)O)c1. The average Bonchev–Trinajstić information content (AvgIpc) is 2.29. The number of anilines is 1. The number of carbonyl (C=O) groups is 1. The van der Waals surface area contributed by atoms with Crippen LogP contribution in [0.1, 0.15) is 19.8 Å². The Hall–Kier alpha value is -1.62. The number of aliphatic hydroxyl groups excluding tert-OH is 1. The van der Waals surface area contributed by atoms with E-state index < -0.39 is 11.9 Å². The van der Waals surface area contributed by atoms with E-state index in [4.69, 9.17) is 9.84 Å². The summed E-state index contributed by atoms with van der Waals surface area (Å²) in [5, 5.41) is 11.5. The normalized spacial score (nSPS) is 12.0. The number of ether oxygens (including phenoxy) is 1. The largest absolute Gasteiger partial charge is 0.497 e. The molecule has 1 atom stereocenters. The number of aliphatic hydroxyl groups is 1. The Morgan fingerprint density at radius 1 is 1.59 bits per heavy atom. The van der Waals surface area contributed by atoms with E-state index in [0.29, 0.717) is 12.2 Å². The van der Waals surface area contributed by atoms with Gasteiger partial charge < -0.3 is 15.2 Å². The quantitative estimate of drug-likeness (QED) is 0.828. The summed E-state index contributed by atoms with van der Waals surface area (Å²) < 4.78 is 18.3. The maximum absolute atomic E-state index is 13.3. The van der Waals surface area contributed by atoms with E-state index in [-0.39, 0.29) is 18.0 Å². The van der Waals surface area contributed by atoms with Crippen molar-refractivity contribution in [2.45, 2.75) is 25.9 Å². The molecule has 0 aliphatic rings. The molecule has 0 aliphatic heterocycles. The van der Waals surface area contributed by atoms with Crippen molar-refractivity contribution >= 4 is 11.6 Å². The first-order valence-corrected chi connectivity index (χ1v) is 5.34. The van der Waals surface area contributed by atoms with E-state index in [0.717, 1.165) is 0 Å². The molecule has 1 rings (SSSR count). The Balaban J connectivity index is 2.64. The second kappa shape index (κ2) is 6.20. The van der Waals surface area contributed by atoms with Gasteiger partial charge in [-0.05, 0) is 25.5 Å². The van der Waals surface area contributed by atoms with Crippen LogP contribution in [0.2, 0.25) is 0 Å². The van der Waals surface area contributed by atoms with Crippen LogP contribution in [0.4, 0.5) is 10.1 Å². The zero-order valence-electron chi connectivity index (χ0n) is 9.87. The summed E-state index contributed by atoms with van der Waals surface area (Å²) in [6.07, 6.45) is -0.0537. The summed E-state index contributed by atoms with van der Waals surface area (Å²) in [7, 11) is 1.46. The molecular weight excluding hydrogens is 225 g/mol. The van der Waals surface area contributed by atoms with E-state index in [1.54, 1.807) is 6.92 Å². The zero-order valence-corrected chi connectivity index (χ0v) is 9.87. The molecule has 2 N–H and O–H groups in total. The van der Waals surface area contributed by atoms with Crippen LogP contribution >= 0.6 is 0 Å². The van der Waals surface area contributed by atoms with E-state index in [9.17, 15) is 9.18 Å². The minimum atomic E-state index is -0.545. The Morgan fingerprint density at radius 2 is 2.29 bits per heavy atom. The van der Waals surface area contributed by atoms with Crippen molar-refractivity contribution in [2.75, 3.05) is 12.4 Å². The van der Waals surface area contributed by atoms with E-state index in [1.807, 2.05) is 0 Å². The molecule has 4 nitrogen and oxygen atoms in total. The molecule has 0 bridgehead atoms. The molecular formula is C12H16FNO3. The molecule has 0 saturated carbocycles. The number of rotatable bonds is 5. The van der Waals surface area contributed by atoms with Crippen LogP contribution in [0, 0.1) is 5.82 Å². The fourth-order valence-electron chi connectivity index (χ4n) is 1.28. The summed E-state index contributed by atoms with van der Waals surface area (Å²) in [5.74, 6) is -0.383. The van der Waals surface area contributed by atoms with Crippen molar-refractivity contribution in [2.24, 2.45) is 0 Å². The lowest BCUT2D eigenvalue weighted by Gasteiger charge is -2.09. The fourth-order valence-corrected chi connectivity index (χ4v) is 1.28. The molecule has 17 heavy (non-hydrogen) atoms. The molecule has 1 amide bonds. The minimum absolute atomic E-state index is 0.0833. The molecule has 0 fully saturated rings. The maximum atomic E-state index is 13.3. The van der Waals surface area contributed by atoms with Gasteiger partial charge in [0.15, 0.2) is 0 Å². The van der Waals surface area contributed by atoms with Gasteiger partial charge in [0.05, 0.1) is 18.9 Å². The average molecular weight is 241 g/mol. The van der Waals surface area contributed by atoms with E-state index >= 15 is 0 Å². The summed E-state index contributed by atoms with van der Waals surface area (Å²) in [4.78, 5) is 11.4. The highest BCUT2D eigenvalue weighted by molar-refractivity contribution is 5.91. The van der Waals surface area contributed by atoms with Gasteiger partial charge in [-0.3, -0.25) is 4.79 Å². The Kier molecular flexibility index (Phi) is 4.90. The van der Waals surface area contributed by atoms with Gasteiger partial charge in [0.25, 0.3) is 0 Å². The van der Waals surface area contributed by atoms with Crippen LogP contribution in [0.3, 0.4) is 0 Å². The number of hydrogen-bond donors (Lipinski definition) is 2. The molecule has 1 aromatic rings. The lowest BCUT2D eigenvalue weighted by Crippen LogP contribution is -2.15. The molecule has 0 heterocycles. The number of hydrogen-bond acceptors (Lipinski definition) is 3. The number of halogens is 1. The topological polar surface area (TPSA) is 58.6 Å². The van der Waals surface area contributed by atoms with Crippen LogP contribution in [-0.2, 0) is 4.79 Å². The molecule has 1 unspecified atom stereocenters. The summed E-state index contributed by atoms with van der Waals surface area (Å²) in [5.41, 5.74) is 0.0833. The molecule has 0 spiro atoms. The fraction of sp³-hybridized carbons (Fsp3) is 0.417. The third-order valence-electron chi connectivity index (χ3n) is 2.24. The second-order valence-electron chi connectivity index (χ2n) is 3.78. The molecule has 94 valence electrons. The highest BCUT2D eigenvalue weighted by Crippen LogP contribution is 2.21. The highest BCUT2D eigenvalue weighted by Gasteiger charge is 2.09. The van der Waals surface area contributed by atoms with Gasteiger partial charge in [-0.15, -0.1) is 0 Å². The lowest BCUT2D eigenvalue weighted by molar-refractivity contribution is -0.116. The van der Waals surface area contributed by atoms with Crippen molar-refractivity contribution in [1.82, 2.24) is 0 Å². The molecule has 1 aromatic carbocycles. The smallest absolute Gasteiger partial charge is 0.224 e. The summed E-state index contributed by atoms with van der Waals surface area (Å²) in [6.45, 7) is 1.60. The number of methoxy groups -OCH3 is 1. The summed E-state index contributed by atoms with van der Waals surface area (Å²) in [6, 6.07) is 4.11. The molecule has 0 aromatic heterocycles. The van der Waals surface area contributed by atoms with E-state index in [2.05, 4.69) is 5.32 Å². The predicted octanol–water partition coefficient (Wildman–Crippen LogP) is 1.93. The number of nitrogens with one attached hydrogen (secondary N) is 1. The van der Waals surface area contributed by atoms with E-state index in [1.165, 1.54) is 25.3 Å². The standard InChI is InChI=1S/C12H16FNO3/c1-8(15)3-6-12(16)14-11-7-9(17-2)4-5-10(11)13/h4-5,7-8,15H,3,6H2,1-2H3,(H,14,16). The van der Waals surface area contributed by atoms with Gasteiger partial charge in [-0.25, -0.2) is 4.39 Å². The second-order valence-corrected chi connectivity index (χ2v) is 3.78. The van der Waals surface area contributed by atoms with Crippen molar-refractivity contribution in [3.05, 3.63) is 24.0 Å². The molecule has 0 aliphatic carbocycles. The van der Waals surface area contributed by atoms with Crippen LogP contribution in [0.5, 0.6) is 5.75 Å². The Morgan fingerprint density at radius 3 is 2.88 bits per heavy atom. The van der Waals surface area contributed by atoms with Crippen LogP contribution < -0.4 is 10.1 Å². The van der Waals surface area contributed by atoms with Gasteiger partial charge >= 0.3 is 0 Å². The number of carbonyl (C=O) groups excluding carboxylic acids is 1. The van der Waals surface area contributed by atoms with Crippen molar-refractivity contribution in [3.63, 3.8) is 0 Å². The van der Waals surface area contributed by atoms with Gasteiger partial charge in [0, 0.05) is 12.5 Å².